The van der Waals surface area contributed by atoms with E-state index in [4.69, 9.17) is 4.74 Å². The van der Waals surface area contributed by atoms with Crippen LogP contribution in [0.3, 0.4) is 0 Å². The van der Waals surface area contributed by atoms with Gasteiger partial charge in [-0.3, -0.25) is 4.79 Å². The van der Waals surface area contributed by atoms with Gasteiger partial charge in [-0.05, 0) is 13.8 Å². The van der Waals surface area contributed by atoms with E-state index in [0.717, 1.165) is 6.42 Å². The monoisotopic (exact) mass is 140 g/mol. The maximum Gasteiger partial charge on any atom is 0.316 e. The first kappa shape index (κ1) is 7.32. The first-order valence-corrected chi connectivity index (χ1v) is 3.43. The molecule has 0 saturated carbocycles. The molecule has 1 fully saturated rings. The molecule has 0 bridgehead atoms. The van der Waals surface area contributed by atoms with E-state index >= 15 is 0 Å². The Balaban J connectivity index is 2.80. The zero-order valence-electron chi connectivity index (χ0n) is 6.39. The van der Waals surface area contributed by atoms with Crippen molar-refractivity contribution in [3.63, 3.8) is 0 Å². The van der Waals surface area contributed by atoms with Crippen molar-refractivity contribution in [1.82, 2.24) is 0 Å². The van der Waals surface area contributed by atoms with Crippen LogP contribution in [-0.4, -0.2) is 12.1 Å². The van der Waals surface area contributed by atoms with Crippen LogP contribution in [0, 0.1) is 5.41 Å². The number of esters is 1. The minimum atomic E-state index is -0.431. The van der Waals surface area contributed by atoms with Crippen LogP contribution in [0.5, 0.6) is 0 Å². The lowest BCUT2D eigenvalue weighted by molar-refractivity contribution is -0.145. The van der Waals surface area contributed by atoms with Crippen LogP contribution >= 0.6 is 0 Å². The Morgan fingerprint density at radius 1 is 1.90 bits per heavy atom. The second-order valence-corrected chi connectivity index (χ2v) is 3.04. The summed E-state index contributed by atoms with van der Waals surface area (Å²) in [5.41, 5.74) is -0.431. The average molecular weight is 140 g/mol. The highest BCUT2D eigenvalue weighted by atomic mass is 16.6. The fourth-order valence-corrected chi connectivity index (χ4v) is 1.21. The molecule has 0 aliphatic carbocycles. The fourth-order valence-electron chi connectivity index (χ4n) is 1.21. The highest BCUT2D eigenvalue weighted by Crippen LogP contribution is 2.33. The topological polar surface area (TPSA) is 26.3 Å². The van der Waals surface area contributed by atoms with E-state index < -0.39 is 5.41 Å². The average Bonchev–Trinajstić information content (AvgIpc) is 2.09. The third kappa shape index (κ3) is 0.939. The molecule has 0 aromatic heterocycles. The molecule has 0 N–H and O–H groups in total. The number of cyclic esters (lactones) is 1. The lowest BCUT2D eigenvalue weighted by Crippen LogP contribution is -2.18. The minimum absolute atomic E-state index is 0.0514. The van der Waals surface area contributed by atoms with Gasteiger partial charge >= 0.3 is 5.97 Å². The summed E-state index contributed by atoms with van der Waals surface area (Å²) in [6, 6.07) is 0. The van der Waals surface area contributed by atoms with Crippen molar-refractivity contribution in [2.45, 2.75) is 26.4 Å². The minimum Gasteiger partial charge on any atom is -0.462 e. The summed E-state index contributed by atoms with van der Waals surface area (Å²) in [7, 11) is 0. The van der Waals surface area contributed by atoms with Crippen molar-refractivity contribution in [3.05, 3.63) is 12.7 Å². The van der Waals surface area contributed by atoms with E-state index in [-0.39, 0.29) is 12.1 Å². The van der Waals surface area contributed by atoms with Gasteiger partial charge in [0, 0.05) is 6.42 Å². The Labute approximate surface area is 60.9 Å². The van der Waals surface area contributed by atoms with Crippen molar-refractivity contribution in [3.8, 4) is 0 Å². The molecule has 0 aromatic rings. The number of carbonyl (C=O) groups is 1. The van der Waals surface area contributed by atoms with Crippen molar-refractivity contribution in [2.24, 2.45) is 5.41 Å². The van der Waals surface area contributed by atoms with Crippen molar-refractivity contribution < 1.29 is 9.53 Å². The SMILES string of the molecule is C=CC1(C)CC(C)OC1=O. The zero-order chi connectivity index (χ0) is 7.78. The van der Waals surface area contributed by atoms with Gasteiger partial charge in [-0.1, -0.05) is 6.08 Å². The first-order chi connectivity index (χ1) is 4.58. The van der Waals surface area contributed by atoms with Gasteiger partial charge in [0.15, 0.2) is 0 Å². The molecule has 1 aliphatic rings. The second kappa shape index (κ2) is 2.11. The van der Waals surface area contributed by atoms with Crippen molar-refractivity contribution >= 4 is 5.97 Å². The molecule has 0 aromatic carbocycles. The Morgan fingerprint density at radius 2 is 2.50 bits per heavy atom. The number of hydrogen-bond donors (Lipinski definition) is 0. The lowest BCUT2D eigenvalue weighted by atomic mass is 9.88. The van der Waals surface area contributed by atoms with Crippen LogP contribution in [0.4, 0.5) is 0 Å². The molecule has 0 radical (unpaired) electrons. The summed E-state index contributed by atoms with van der Waals surface area (Å²) in [5, 5.41) is 0. The molecule has 56 valence electrons. The maximum absolute atomic E-state index is 11.0. The van der Waals surface area contributed by atoms with Crippen molar-refractivity contribution in [1.29, 1.82) is 0 Å². The van der Waals surface area contributed by atoms with E-state index in [1.54, 1.807) is 6.08 Å². The number of rotatable bonds is 1. The Kier molecular flexibility index (Phi) is 1.55. The van der Waals surface area contributed by atoms with Crippen LogP contribution in [0.2, 0.25) is 0 Å². The van der Waals surface area contributed by atoms with Gasteiger partial charge < -0.3 is 4.74 Å². The van der Waals surface area contributed by atoms with Gasteiger partial charge in [0.05, 0.1) is 5.41 Å². The molecule has 1 rings (SSSR count). The second-order valence-electron chi connectivity index (χ2n) is 3.04. The fraction of sp³-hybridized carbons (Fsp3) is 0.625. The van der Waals surface area contributed by atoms with Gasteiger partial charge in [-0.2, -0.15) is 0 Å². The highest BCUT2D eigenvalue weighted by molar-refractivity contribution is 5.80. The van der Waals surface area contributed by atoms with Crippen LogP contribution in [0.25, 0.3) is 0 Å². The predicted octanol–water partition coefficient (Wildman–Crippen LogP) is 1.51. The van der Waals surface area contributed by atoms with Gasteiger partial charge in [0.1, 0.15) is 6.10 Å². The summed E-state index contributed by atoms with van der Waals surface area (Å²) >= 11 is 0. The molecule has 2 unspecified atom stereocenters. The van der Waals surface area contributed by atoms with Crippen molar-refractivity contribution in [2.75, 3.05) is 0 Å². The molecule has 1 saturated heterocycles. The molecule has 10 heavy (non-hydrogen) atoms. The van der Waals surface area contributed by atoms with Crippen LogP contribution < -0.4 is 0 Å². The molecule has 0 spiro atoms. The Bertz CT molecular complexity index is 174. The van der Waals surface area contributed by atoms with Gasteiger partial charge in [0.25, 0.3) is 0 Å². The standard InChI is InChI=1S/C8H12O2/c1-4-8(3)5-6(2)10-7(8)9/h4,6H,1,5H2,2-3H3. The highest BCUT2D eigenvalue weighted by Gasteiger charge is 2.40. The molecule has 2 atom stereocenters. The molecule has 1 heterocycles. The normalized spacial score (nSPS) is 39.4. The lowest BCUT2D eigenvalue weighted by Gasteiger charge is -2.10. The predicted molar refractivity (Wildman–Crippen MR) is 38.5 cm³/mol. The van der Waals surface area contributed by atoms with E-state index in [1.807, 2.05) is 13.8 Å². The van der Waals surface area contributed by atoms with Gasteiger partial charge in [0.2, 0.25) is 0 Å². The van der Waals surface area contributed by atoms with E-state index in [9.17, 15) is 4.79 Å². The maximum atomic E-state index is 11.0. The smallest absolute Gasteiger partial charge is 0.316 e. The molecule has 1 aliphatic heterocycles. The van der Waals surface area contributed by atoms with E-state index in [0.29, 0.717) is 0 Å². The molecular formula is C8H12O2. The van der Waals surface area contributed by atoms with Gasteiger partial charge in [-0.15, -0.1) is 6.58 Å². The van der Waals surface area contributed by atoms with E-state index in [1.165, 1.54) is 0 Å². The summed E-state index contributed by atoms with van der Waals surface area (Å²) < 4.78 is 4.96. The largest absolute Gasteiger partial charge is 0.462 e. The number of ether oxygens (including phenoxy) is 1. The van der Waals surface area contributed by atoms with Crippen LogP contribution in [0.1, 0.15) is 20.3 Å². The summed E-state index contributed by atoms with van der Waals surface area (Å²) in [4.78, 5) is 11.0. The Hall–Kier alpha value is -0.790. The molecule has 2 nitrogen and oxygen atoms in total. The third-order valence-corrected chi connectivity index (χ3v) is 1.94. The zero-order valence-corrected chi connectivity index (χ0v) is 6.39. The number of carbonyl (C=O) groups excluding carboxylic acids is 1. The third-order valence-electron chi connectivity index (χ3n) is 1.94. The first-order valence-electron chi connectivity index (χ1n) is 3.43. The van der Waals surface area contributed by atoms with Crippen LogP contribution in [0.15, 0.2) is 12.7 Å². The summed E-state index contributed by atoms with van der Waals surface area (Å²) in [5.74, 6) is -0.144. The molecule has 0 amide bonds. The molecule has 2 heteroatoms. The van der Waals surface area contributed by atoms with Crippen LogP contribution in [-0.2, 0) is 9.53 Å². The quantitative estimate of drug-likeness (QED) is 0.407. The summed E-state index contributed by atoms with van der Waals surface area (Å²) in [6.45, 7) is 7.35. The Morgan fingerprint density at radius 3 is 2.70 bits per heavy atom. The van der Waals surface area contributed by atoms with Gasteiger partial charge in [-0.25, -0.2) is 0 Å². The summed E-state index contributed by atoms with van der Waals surface area (Å²) in [6.07, 6.45) is 2.48. The number of hydrogen-bond acceptors (Lipinski definition) is 2. The van der Waals surface area contributed by atoms with E-state index in [2.05, 4.69) is 6.58 Å². The molecular weight excluding hydrogens is 128 g/mol.